The Morgan fingerprint density at radius 2 is 1.81 bits per heavy atom. The van der Waals surface area contributed by atoms with E-state index in [-0.39, 0.29) is 11.9 Å². The van der Waals surface area contributed by atoms with Crippen LogP contribution >= 0.6 is 0 Å². The highest BCUT2D eigenvalue weighted by Crippen LogP contribution is 2.19. The molecule has 0 radical (unpaired) electrons. The van der Waals surface area contributed by atoms with Gasteiger partial charge in [0.15, 0.2) is 0 Å². The number of nitrogens with zero attached hydrogens (tertiary/aromatic N) is 1. The zero-order valence-corrected chi connectivity index (χ0v) is 15.7. The fraction of sp³-hybridized carbons (Fsp3) is 0.273. The van der Waals surface area contributed by atoms with Crippen LogP contribution in [0.1, 0.15) is 34.3 Å². The van der Waals surface area contributed by atoms with E-state index < -0.39 is 0 Å². The summed E-state index contributed by atoms with van der Waals surface area (Å²) in [4.78, 5) is 28.9. The summed E-state index contributed by atoms with van der Waals surface area (Å²) in [6.45, 7) is 0.521. The van der Waals surface area contributed by atoms with Gasteiger partial charge in [0.25, 0.3) is 0 Å². The zero-order valence-electron chi connectivity index (χ0n) is 15.7. The third kappa shape index (κ3) is 4.56. The van der Waals surface area contributed by atoms with E-state index >= 15 is 0 Å². The van der Waals surface area contributed by atoms with Crippen LogP contribution in [0.2, 0.25) is 0 Å². The second kappa shape index (κ2) is 8.54. The number of hydrogen-bond donors (Lipinski definition) is 1. The first-order valence-corrected chi connectivity index (χ1v) is 9.04. The lowest BCUT2D eigenvalue weighted by Crippen LogP contribution is -2.26. The molecule has 0 aliphatic rings. The minimum Gasteiger partial charge on any atom is -0.465 e. The molecule has 5 nitrogen and oxygen atoms in total. The van der Waals surface area contributed by atoms with Crippen molar-refractivity contribution < 1.29 is 14.3 Å². The highest BCUT2D eigenvalue weighted by atomic mass is 16.5. The van der Waals surface area contributed by atoms with E-state index in [1.54, 1.807) is 17.0 Å². The maximum atomic E-state index is 12.4. The molecule has 1 aromatic heterocycles. The van der Waals surface area contributed by atoms with Crippen LogP contribution in [0.4, 0.5) is 0 Å². The summed E-state index contributed by atoms with van der Waals surface area (Å²) in [5.74, 6) is -0.241. The Morgan fingerprint density at radius 3 is 2.56 bits per heavy atom. The number of fused-ring (bicyclic) bond motifs is 1. The van der Waals surface area contributed by atoms with Crippen LogP contribution in [0.15, 0.2) is 54.7 Å². The average Bonchev–Trinajstić information content (AvgIpc) is 3.11. The number of aromatic nitrogens is 1. The van der Waals surface area contributed by atoms with Gasteiger partial charge in [-0.3, -0.25) is 4.79 Å². The molecule has 0 aliphatic carbocycles. The molecule has 0 bridgehead atoms. The Kier molecular flexibility index (Phi) is 5.91. The number of H-pyrrole nitrogens is 1. The zero-order chi connectivity index (χ0) is 19.2. The van der Waals surface area contributed by atoms with Crippen molar-refractivity contribution >= 4 is 22.8 Å². The first-order valence-electron chi connectivity index (χ1n) is 9.04. The van der Waals surface area contributed by atoms with E-state index in [1.807, 2.05) is 37.5 Å². The number of aryl methyl sites for hydroxylation is 1. The maximum absolute atomic E-state index is 12.4. The summed E-state index contributed by atoms with van der Waals surface area (Å²) < 4.78 is 4.69. The predicted octanol–water partition coefficient (Wildman–Crippen LogP) is 3.94. The molecule has 0 saturated carbocycles. The van der Waals surface area contributed by atoms with Crippen molar-refractivity contribution in [2.24, 2.45) is 0 Å². The number of nitrogens with one attached hydrogen (secondary N) is 1. The Labute approximate surface area is 158 Å². The number of hydrogen-bond acceptors (Lipinski definition) is 3. The maximum Gasteiger partial charge on any atom is 0.337 e. The molecule has 0 atom stereocenters. The van der Waals surface area contributed by atoms with Crippen LogP contribution in [-0.4, -0.2) is 35.9 Å². The first-order chi connectivity index (χ1) is 13.1. The van der Waals surface area contributed by atoms with Gasteiger partial charge in [-0.15, -0.1) is 0 Å². The molecule has 0 fully saturated rings. The Bertz CT molecular complexity index is 928. The summed E-state index contributed by atoms with van der Waals surface area (Å²) in [5, 5.41) is 1.23. The van der Waals surface area contributed by atoms with E-state index in [0.717, 1.165) is 23.9 Å². The molecule has 5 heteroatoms. The normalized spacial score (nSPS) is 10.7. The van der Waals surface area contributed by atoms with Crippen molar-refractivity contribution in [1.82, 2.24) is 9.88 Å². The smallest absolute Gasteiger partial charge is 0.337 e. The summed E-state index contributed by atoms with van der Waals surface area (Å²) in [7, 11) is 3.17. The van der Waals surface area contributed by atoms with Gasteiger partial charge >= 0.3 is 5.97 Å². The van der Waals surface area contributed by atoms with E-state index in [4.69, 9.17) is 4.74 Å². The van der Waals surface area contributed by atoms with Gasteiger partial charge in [-0.05, 0) is 42.2 Å². The molecule has 27 heavy (non-hydrogen) atoms. The van der Waals surface area contributed by atoms with Gasteiger partial charge in [0, 0.05) is 37.1 Å². The van der Waals surface area contributed by atoms with Gasteiger partial charge in [-0.2, -0.15) is 0 Å². The average molecular weight is 364 g/mol. The largest absolute Gasteiger partial charge is 0.465 e. The van der Waals surface area contributed by atoms with Crippen molar-refractivity contribution in [3.8, 4) is 0 Å². The van der Waals surface area contributed by atoms with Crippen LogP contribution in [0.25, 0.3) is 10.9 Å². The molecule has 0 spiro atoms. The van der Waals surface area contributed by atoms with Crippen LogP contribution in [-0.2, 0) is 22.5 Å². The molecule has 1 heterocycles. The summed E-state index contributed by atoms with van der Waals surface area (Å²) in [6.07, 6.45) is 4.22. The van der Waals surface area contributed by atoms with Crippen molar-refractivity contribution in [2.75, 3.05) is 14.2 Å². The van der Waals surface area contributed by atoms with Gasteiger partial charge in [0.05, 0.1) is 12.7 Å². The Morgan fingerprint density at radius 1 is 1.07 bits per heavy atom. The van der Waals surface area contributed by atoms with Crippen molar-refractivity contribution in [3.63, 3.8) is 0 Å². The van der Waals surface area contributed by atoms with E-state index in [2.05, 4.69) is 17.1 Å². The van der Waals surface area contributed by atoms with E-state index in [0.29, 0.717) is 18.5 Å². The molecule has 0 saturated heterocycles. The second-order valence-corrected chi connectivity index (χ2v) is 6.65. The Balaban J connectivity index is 1.49. The number of carbonyl (C=O) groups excluding carboxylic acids is 2. The number of methoxy groups -OCH3 is 1. The fourth-order valence-corrected chi connectivity index (χ4v) is 3.19. The summed E-state index contributed by atoms with van der Waals surface area (Å²) >= 11 is 0. The third-order valence-electron chi connectivity index (χ3n) is 4.73. The lowest BCUT2D eigenvalue weighted by molar-refractivity contribution is -0.130. The van der Waals surface area contributed by atoms with E-state index in [9.17, 15) is 9.59 Å². The fourth-order valence-electron chi connectivity index (χ4n) is 3.19. The SMILES string of the molecule is COC(=O)c1ccc(CN(C)C(=O)CCCc2c[nH]c3ccccc23)cc1. The minimum absolute atomic E-state index is 0.117. The number of para-hydroxylation sites is 1. The Hall–Kier alpha value is -3.08. The van der Waals surface area contributed by atoms with Crippen LogP contribution < -0.4 is 0 Å². The molecule has 1 amide bonds. The number of esters is 1. The molecule has 1 N–H and O–H groups in total. The van der Waals surface area contributed by atoms with Gasteiger partial charge in [-0.1, -0.05) is 30.3 Å². The van der Waals surface area contributed by atoms with Crippen molar-refractivity contribution in [3.05, 3.63) is 71.4 Å². The quantitative estimate of drug-likeness (QED) is 0.646. The number of aromatic amines is 1. The molecule has 3 aromatic rings. The van der Waals surface area contributed by atoms with Gasteiger partial charge in [0.1, 0.15) is 0 Å². The van der Waals surface area contributed by atoms with Gasteiger partial charge < -0.3 is 14.6 Å². The van der Waals surface area contributed by atoms with E-state index in [1.165, 1.54) is 18.1 Å². The van der Waals surface area contributed by atoms with Gasteiger partial charge in [-0.25, -0.2) is 4.79 Å². The third-order valence-corrected chi connectivity index (χ3v) is 4.73. The second-order valence-electron chi connectivity index (χ2n) is 6.65. The van der Waals surface area contributed by atoms with Crippen LogP contribution in [0.5, 0.6) is 0 Å². The number of ether oxygens (including phenoxy) is 1. The number of rotatable bonds is 7. The molecule has 140 valence electrons. The van der Waals surface area contributed by atoms with Gasteiger partial charge in [0.2, 0.25) is 5.91 Å². The lowest BCUT2D eigenvalue weighted by Gasteiger charge is -2.17. The predicted molar refractivity (Wildman–Crippen MR) is 105 cm³/mol. The monoisotopic (exact) mass is 364 g/mol. The first kappa shape index (κ1) is 18.7. The standard InChI is InChI=1S/C22H24N2O3/c1-24(15-16-10-12-17(13-11-16)22(26)27-2)21(25)9-5-6-18-14-23-20-8-4-3-7-19(18)20/h3-4,7-8,10-14,23H,5-6,9,15H2,1-2H3. The molecule has 0 unspecified atom stereocenters. The highest BCUT2D eigenvalue weighted by molar-refractivity contribution is 5.89. The molecule has 0 aliphatic heterocycles. The molecule has 2 aromatic carbocycles. The van der Waals surface area contributed by atoms with Crippen LogP contribution in [0.3, 0.4) is 0 Å². The molecule has 3 rings (SSSR count). The number of benzene rings is 2. The minimum atomic E-state index is -0.358. The summed E-state index contributed by atoms with van der Waals surface area (Å²) in [5.41, 5.74) is 3.87. The van der Waals surface area contributed by atoms with Crippen LogP contribution in [0, 0.1) is 0 Å². The molecular formula is C22H24N2O3. The summed E-state index contributed by atoms with van der Waals surface area (Å²) in [6, 6.07) is 15.3. The lowest BCUT2D eigenvalue weighted by atomic mass is 10.1. The highest BCUT2D eigenvalue weighted by Gasteiger charge is 2.11. The number of amides is 1. The number of carbonyl (C=O) groups is 2. The van der Waals surface area contributed by atoms with Crippen molar-refractivity contribution in [1.29, 1.82) is 0 Å². The van der Waals surface area contributed by atoms with Crippen molar-refractivity contribution in [2.45, 2.75) is 25.8 Å². The topological polar surface area (TPSA) is 62.4 Å². The molecular weight excluding hydrogens is 340 g/mol.